The zero-order valence-corrected chi connectivity index (χ0v) is 12.0. The molecule has 108 valence electrons. The Morgan fingerprint density at radius 1 is 1.10 bits per heavy atom. The summed E-state index contributed by atoms with van der Waals surface area (Å²) in [5.41, 5.74) is 2.47. The Bertz CT molecular complexity index is 710. The topological polar surface area (TPSA) is 15.6 Å². The molecular formula is C17H16F2N2. The molecule has 0 aromatic heterocycles. The number of hydrogen-bond acceptors (Lipinski definition) is 2. The Morgan fingerprint density at radius 2 is 1.86 bits per heavy atom. The van der Waals surface area contributed by atoms with Gasteiger partial charge in [-0.2, -0.15) is 0 Å². The molecule has 0 radical (unpaired) electrons. The second-order valence-corrected chi connectivity index (χ2v) is 5.30. The Morgan fingerprint density at radius 3 is 2.62 bits per heavy atom. The van der Waals surface area contributed by atoms with E-state index in [4.69, 9.17) is 0 Å². The van der Waals surface area contributed by atoms with Gasteiger partial charge in [0, 0.05) is 25.2 Å². The average molecular weight is 286 g/mol. The number of rotatable bonds is 1. The van der Waals surface area contributed by atoms with Crippen LogP contribution in [0.2, 0.25) is 0 Å². The number of halogens is 2. The van der Waals surface area contributed by atoms with Crippen LogP contribution in [0.4, 0.5) is 8.78 Å². The maximum absolute atomic E-state index is 14.2. The third kappa shape index (κ3) is 2.53. The highest BCUT2D eigenvalue weighted by Gasteiger charge is 2.24. The molecule has 4 heteroatoms. The minimum Gasteiger partial charge on any atom is -0.359 e. The van der Waals surface area contributed by atoms with Gasteiger partial charge in [-0.25, -0.2) is 8.78 Å². The summed E-state index contributed by atoms with van der Waals surface area (Å²) in [5, 5.41) is 0. The van der Waals surface area contributed by atoms with E-state index >= 15 is 0 Å². The molecule has 2 nitrogen and oxygen atoms in total. The molecule has 0 fully saturated rings. The van der Waals surface area contributed by atoms with E-state index in [1.807, 2.05) is 43.1 Å². The van der Waals surface area contributed by atoms with Crippen molar-refractivity contribution < 1.29 is 8.78 Å². The van der Waals surface area contributed by atoms with Gasteiger partial charge in [0.15, 0.2) is 0 Å². The summed E-state index contributed by atoms with van der Waals surface area (Å²) in [4.78, 5) is 6.67. The number of aliphatic imine (C=N–C) groups is 1. The smallest absolute Gasteiger partial charge is 0.131 e. The number of benzene rings is 2. The van der Waals surface area contributed by atoms with E-state index in [1.54, 1.807) is 0 Å². The van der Waals surface area contributed by atoms with Gasteiger partial charge in [-0.1, -0.05) is 30.3 Å². The molecule has 0 aliphatic carbocycles. The minimum absolute atomic E-state index is 0.401. The molecule has 2 aromatic carbocycles. The first-order valence-corrected chi connectivity index (χ1v) is 6.84. The average Bonchev–Trinajstić information content (AvgIpc) is 2.57. The predicted molar refractivity (Wildman–Crippen MR) is 79.2 cm³/mol. The summed E-state index contributed by atoms with van der Waals surface area (Å²) in [6, 6.07) is 11.1. The van der Waals surface area contributed by atoms with E-state index in [0.29, 0.717) is 5.56 Å². The fourth-order valence-corrected chi connectivity index (χ4v) is 2.63. The molecule has 0 saturated carbocycles. The van der Waals surface area contributed by atoms with Crippen LogP contribution in [0.3, 0.4) is 0 Å². The van der Waals surface area contributed by atoms with Crippen molar-refractivity contribution >= 4 is 5.84 Å². The maximum Gasteiger partial charge on any atom is 0.131 e. The van der Waals surface area contributed by atoms with Crippen LogP contribution in [0.15, 0.2) is 47.5 Å². The summed E-state index contributed by atoms with van der Waals surface area (Å²) in [6.07, 6.45) is 0. The van der Waals surface area contributed by atoms with Crippen LogP contribution in [0.5, 0.6) is 0 Å². The molecule has 0 amide bonds. The van der Waals surface area contributed by atoms with Crippen LogP contribution in [-0.4, -0.2) is 17.8 Å². The molecular weight excluding hydrogens is 270 g/mol. The summed E-state index contributed by atoms with van der Waals surface area (Å²) in [7, 11) is 1.96. The van der Waals surface area contributed by atoms with E-state index in [0.717, 1.165) is 29.6 Å². The van der Waals surface area contributed by atoms with Gasteiger partial charge in [-0.3, -0.25) is 4.99 Å². The molecule has 0 bridgehead atoms. The van der Waals surface area contributed by atoms with Gasteiger partial charge in [-0.15, -0.1) is 0 Å². The normalized spacial score (nSPS) is 18.0. The molecule has 2 aromatic rings. The molecule has 21 heavy (non-hydrogen) atoms. The van der Waals surface area contributed by atoms with Crippen LogP contribution in [0.1, 0.15) is 29.7 Å². The zero-order chi connectivity index (χ0) is 15.0. The van der Waals surface area contributed by atoms with Crippen LogP contribution < -0.4 is 0 Å². The lowest BCUT2D eigenvalue weighted by Gasteiger charge is -2.16. The van der Waals surface area contributed by atoms with Crippen molar-refractivity contribution in [2.75, 3.05) is 7.05 Å². The van der Waals surface area contributed by atoms with E-state index < -0.39 is 17.7 Å². The van der Waals surface area contributed by atoms with Crippen molar-refractivity contribution in [3.63, 3.8) is 0 Å². The van der Waals surface area contributed by atoms with Gasteiger partial charge in [0.2, 0.25) is 0 Å². The Kier molecular flexibility index (Phi) is 3.45. The van der Waals surface area contributed by atoms with Crippen LogP contribution in [-0.2, 0) is 6.54 Å². The monoisotopic (exact) mass is 286 g/mol. The van der Waals surface area contributed by atoms with Crippen molar-refractivity contribution in [1.82, 2.24) is 4.90 Å². The number of hydrogen-bond donors (Lipinski definition) is 0. The van der Waals surface area contributed by atoms with Gasteiger partial charge in [0.1, 0.15) is 17.7 Å². The van der Waals surface area contributed by atoms with Crippen LogP contribution in [0.25, 0.3) is 0 Å². The first kappa shape index (κ1) is 13.7. The third-order valence-electron chi connectivity index (χ3n) is 3.88. The summed E-state index contributed by atoms with van der Waals surface area (Å²) in [5.74, 6) is -0.299. The van der Waals surface area contributed by atoms with Gasteiger partial charge >= 0.3 is 0 Å². The number of nitrogens with zero attached hydrogens (tertiary/aromatic N) is 2. The van der Waals surface area contributed by atoms with Gasteiger partial charge in [-0.05, 0) is 24.1 Å². The van der Waals surface area contributed by atoms with E-state index in [-0.39, 0.29) is 0 Å². The lowest BCUT2D eigenvalue weighted by Crippen LogP contribution is -2.22. The standard InChI is InChI=1S/C17H16F2N2/c1-11-20-17(15-8-7-13(18)9-16(15)19)14-6-4-3-5-12(14)10-21(11)2/h3-9,17H,10H2,1-2H3/t17-/m1/s1. The summed E-state index contributed by atoms with van der Waals surface area (Å²) >= 11 is 0. The fraction of sp³-hybridized carbons (Fsp3) is 0.235. The van der Waals surface area contributed by atoms with Crippen LogP contribution >= 0.6 is 0 Å². The quantitative estimate of drug-likeness (QED) is 0.776. The molecule has 1 heterocycles. The molecule has 0 spiro atoms. The van der Waals surface area contributed by atoms with Crippen molar-refractivity contribution in [2.24, 2.45) is 4.99 Å². The molecule has 0 saturated heterocycles. The minimum atomic E-state index is -0.573. The second kappa shape index (κ2) is 5.28. The lowest BCUT2D eigenvalue weighted by molar-refractivity contribution is 0.500. The van der Waals surface area contributed by atoms with Crippen molar-refractivity contribution in [1.29, 1.82) is 0 Å². The second-order valence-electron chi connectivity index (χ2n) is 5.30. The molecule has 1 aliphatic heterocycles. The van der Waals surface area contributed by atoms with E-state index in [2.05, 4.69) is 4.99 Å². The third-order valence-corrected chi connectivity index (χ3v) is 3.88. The molecule has 0 N–H and O–H groups in total. The van der Waals surface area contributed by atoms with E-state index in [1.165, 1.54) is 12.1 Å². The van der Waals surface area contributed by atoms with E-state index in [9.17, 15) is 8.78 Å². The summed E-state index contributed by atoms with van der Waals surface area (Å²) < 4.78 is 27.3. The first-order chi connectivity index (χ1) is 10.1. The Hall–Kier alpha value is -2.23. The maximum atomic E-state index is 14.2. The Labute approximate surface area is 122 Å². The molecule has 3 rings (SSSR count). The highest BCUT2D eigenvalue weighted by atomic mass is 19.1. The van der Waals surface area contributed by atoms with Crippen molar-refractivity contribution in [2.45, 2.75) is 19.5 Å². The first-order valence-electron chi connectivity index (χ1n) is 6.84. The molecule has 1 aliphatic rings. The Balaban J connectivity index is 2.19. The highest BCUT2D eigenvalue weighted by molar-refractivity contribution is 5.80. The fourth-order valence-electron chi connectivity index (χ4n) is 2.63. The molecule has 1 atom stereocenters. The molecule has 0 unspecified atom stereocenters. The van der Waals surface area contributed by atoms with Crippen molar-refractivity contribution in [3.8, 4) is 0 Å². The number of fused-ring (bicyclic) bond motifs is 1. The van der Waals surface area contributed by atoms with Gasteiger partial charge in [0.25, 0.3) is 0 Å². The predicted octanol–water partition coefficient (Wildman–Crippen LogP) is 3.92. The summed E-state index contributed by atoms with van der Waals surface area (Å²) in [6.45, 7) is 2.63. The zero-order valence-electron chi connectivity index (χ0n) is 12.0. The van der Waals surface area contributed by atoms with Crippen LogP contribution in [0, 0.1) is 11.6 Å². The SMILES string of the molecule is CC1=N[C@@H](c2ccc(F)cc2F)c2ccccc2CN1C. The van der Waals surface area contributed by atoms with Gasteiger partial charge in [0.05, 0.1) is 5.84 Å². The van der Waals surface area contributed by atoms with Crippen molar-refractivity contribution in [3.05, 3.63) is 70.8 Å². The number of amidine groups is 1. The highest BCUT2D eigenvalue weighted by Crippen LogP contribution is 2.33. The lowest BCUT2D eigenvalue weighted by atomic mass is 9.94. The van der Waals surface area contributed by atoms with Gasteiger partial charge < -0.3 is 4.90 Å². The largest absolute Gasteiger partial charge is 0.359 e.